The maximum atomic E-state index is 13.2. The second kappa shape index (κ2) is 6.04. The number of nitro benzene ring substituents is 1. The van der Waals surface area contributed by atoms with Gasteiger partial charge in [-0.2, -0.15) is 13.2 Å². The fourth-order valence-electron chi connectivity index (χ4n) is 1.99. The molecule has 0 saturated heterocycles. The first kappa shape index (κ1) is 17.0. The van der Waals surface area contributed by atoms with Gasteiger partial charge in [0.2, 0.25) is 0 Å². The van der Waals surface area contributed by atoms with Crippen molar-refractivity contribution in [3.05, 3.63) is 62.9 Å². The zero-order valence-corrected chi connectivity index (χ0v) is 12.3. The Kier molecular flexibility index (Phi) is 4.46. The molecule has 0 radical (unpaired) electrons. The van der Waals surface area contributed by atoms with Gasteiger partial charge in [0, 0.05) is 24.9 Å². The fourth-order valence-corrected chi connectivity index (χ4v) is 2.16. The molecule has 0 spiro atoms. The van der Waals surface area contributed by atoms with E-state index in [-0.39, 0.29) is 16.4 Å². The summed E-state index contributed by atoms with van der Waals surface area (Å²) in [5, 5.41) is 10.4. The van der Waals surface area contributed by atoms with E-state index in [4.69, 9.17) is 11.6 Å². The average molecular weight is 349 g/mol. The molecule has 0 N–H and O–H groups in total. The van der Waals surface area contributed by atoms with Gasteiger partial charge in [0.05, 0.1) is 21.2 Å². The number of alkyl halides is 3. The molecule has 0 bridgehead atoms. The Hall–Kier alpha value is -2.35. The molecule has 23 heavy (non-hydrogen) atoms. The van der Waals surface area contributed by atoms with E-state index < -0.39 is 28.2 Å². The normalized spacial score (nSPS) is 11.4. The van der Waals surface area contributed by atoms with Crippen LogP contribution < -0.4 is 4.90 Å². The molecule has 0 aliphatic heterocycles. The number of benzene rings is 2. The van der Waals surface area contributed by atoms with Gasteiger partial charge in [-0.3, -0.25) is 10.1 Å². The second-order valence-corrected chi connectivity index (χ2v) is 5.02. The van der Waals surface area contributed by atoms with Crippen molar-refractivity contribution in [1.29, 1.82) is 0 Å². The van der Waals surface area contributed by atoms with Gasteiger partial charge in [0.1, 0.15) is 5.82 Å². The highest BCUT2D eigenvalue weighted by Gasteiger charge is 2.36. The van der Waals surface area contributed by atoms with Gasteiger partial charge in [-0.05, 0) is 24.3 Å². The summed E-state index contributed by atoms with van der Waals surface area (Å²) >= 11 is 5.63. The number of rotatable bonds is 3. The van der Waals surface area contributed by atoms with E-state index in [1.54, 1.807) is 0 Å². The topological polar surface area (TPSA) is 46.4 Å². The maximum Gasteiger partial charge on any atom is 0.418 e. The van der Waals surface area contributed by atoms with Gasteiger partial charge in [-0.1, -0.05) is 11.6 Å². The molecule has 0 saturated carbocycles. The summed E-state index contributed by atoms with van der Waals surface area (Å²) in [6, 6.07) is 5.84. The number of anilines is 2. The Morgan fingerprint density at radius 2 is 1.83 bits per heavy atom. The molecule has 0 aromatic heterocycles. The summed E-state index contributed by atoms with van der Waals surface area (Å²) in [6.07, 6.45) is -4.79. The van der Waals surface area contributed by atoms with Gasteiger partial charge >= 0.3 is 6.18 Å². The predicted octanol–water partition coefficient (Wildman–Crippen LogP) is 5.17. The largest absolute Gasteiger partial charge is 0.418 e. The standard InChI is InChI=1S/C14H9ClF4N2O2/c1-20(8-2-4-12(16)11(15)7-8)13-5-3-9(21(22)23)6-10(13)14(17,18)19/h2-7H,1H3. The van der Waals surface area contributed by atoms with E-state index in [2.05, 4.69) is 0 Å². The lowest BCUT2D eigenvalue weighted by atomic mass is 10.1. The molecule has 0 aliphatic carbocycles. The summed E-state index contributed by atoms with van der Waals surface area (Å²) in [5.41, 5.74) is -1.96. The first-order valence-corrected chi connectivity index (χ1v) is 6.53. The summed E-state index contributed by atoms with van der Waals surface area (Å²) in [5.74, 6) is -0.705. The minimum atomic E-state index is -4.79. The number of hydrogen-bond acceptors (Lipinski definition) is 3. The van der Waals surface area contributed by atoms with E-state index in [9.17, 15) is 27.7 Å². The molecule has 0 unspecified atom stereocenters. The van der Waals surface area contributed by atoms with Crippen LogP contribution in [0, 0.1) is 15.9 Å². The summed E-state index contributed by atoms with van der Waals surface area (Å²) in [6.45, 7) is 0. The van der Waals surface area contributed by atoms with Crippen molar-refractivity contribution in [2.45, 2.75) is 6.18 Å². The van der Waals surface area contributed by atoms with Crippen LogP contribution in [0.25, 0.3) is 0 Å². The second-order valence-electron chi connectivity index (χ2n) is 4.61. The van der Waals surface area contributed by atoms with E-state index in [1.165, 1.54) is 19.2 Å². The minimum absolute atomic E-state index is 0.204. The molecule has 122 valence electrons. The molecule has 2 rings (SSSR count). The number of hydrogen-bond donors (Lipinski definition) is 0. The third-order valence-corrected chi connectivity index (χ3v) is 3.44. The van der Waals surface area contributed by atoms with Crippen LogP contribution in [-0.4, -0.2) is 12.0 Å². The Balaban J connectivity index is 2.57. The maximum absolute atomic E-state index is 13.2. The van der Waals surface area contributed by atoms with Crippen molar-refractivity contribution >= 4 is 28.7 Å². The molecular formula is C14H9ClF4N2O2. The highest BCUT2D eigenvalue weighted by atomic mass is 35.5. The van der Waals surface area contributed by atoms with E-state index in [1.807, 2.05) is 0 Å². The van der Waals surface area contributed by atoms with E-state index in [0.717, 1.165) is 23.1 Å². The number of nitrogens with zero attached hydrogens (tertiary/aromatic N) is 2. The molecule has 2 aromatic rings. The SMILES string of the molecule is CN(c1ccc(F)c(Cl)c1)c1ccc([N+](=O)[O-])cc1C(F)(F)F. The van der Waals surface area contributed by atoms with Gasteiger partial charge in [-0.15, -0.1) is 0 Å². The van der Waals surface area contributed by atoms with Crippen molar-refractivity contribution in [2.75, 3.05) is 11.9 Å². The lowest BCUT2D eigenvalue weighted by Crippen LogP contribution is -2.17. The number of halogens is 5. The van der Waals surface area contributed by atoms with Crippen molar-refractivity contribution in [1.82, 2.24) is 0 Å². The minimum Gasteiger partial charge on any atom is -0.344 e. The third kappa shape index (κ3) is 3.53. The van der Waals surface area contributed by atoms with Crippen molar-refractivity contribution in [3.63, 3.8) is 0 Å². The lowest BCUT2D eigenvalue weighted by molar-refractivity contribution is -0.385. The lowest BCUT2D eigenvalue weighted by Gasteiger charge is -2.23. The van der Waals surface area contributed by atoms with Gasteiger partial charge < -0.3 is 4.90 Å². The molecule has 0 aliphatic rings. The van der Waals surface area contributed by atoms with Crippen LogP contribution in [0.1, 0.15) is 5.56 Å². The van der Waals surface area contributed by atoms with Crippen LogP contribution in [0.15, 0.2) is 36.4 Å². The van der Waals surface area contributed by atoms with Crippen LogP contribution in [0.5, 0.6) is 0 Å². The highest BCUT2D eigenvalue weighted by molar-refractivity contribution is 6.31. The van der Waals surface area contributed by atoms with Crippen LogP contribution in [0.3, 0.4) is 0 Å². The summed E-state index contributed by atoms with van der Waals surface area (Å²) in [4.78, 5) is 10.9. The molecule has 9 heteroatoms. The zero-order chi connectivity index (χ0) is 17.4. The fraction of sp³-hybridized carbons (Fsp3) is 0.143. The number of non-ortho nitro benzene ring substituents is 1. The van der Waals surface area contributed by atoms with Crippen LogP contribution in [-0.2, 0) is 6.18 Å². The molecular weight excluding hydrogens is 340 g/mol. The Bertz CT molecular complexity index is 765. The van der Waals surface area contributed by atoms with Crippen LogP contribution >= 0.6 is 11.6 Å². The zero-order valence-electron chi connectivity index (χ0n) is 11.6. The smallest absolute Gasteiger partial charge is 0.344 e. The van der Waals surface area contributed by atoms with Gasteiger partial charge in [-0.25, -0.2) is 4.39 Å². The molecule has 0 heterocycles. The quantitative estimate of drug-likeness (QED) is 0.436. The average Bonchev–Trinajstić information content (AvgIpc) is 2.47. The summed E-state index contributed by atoms with van der Waals surface area (Å²) < 4.78 is 52.7. The van der Waals surface area contributed by atoms with E-state index >= 15 is 0 Å². The van der Waals surface area contributed by atoms with Crippen molar-refractivity contribution in [2.24, 2.45) is 0 Å². The Labute approximate surface area is 133 Å². The molecule has 2 aromatic carbocycles. The first-order chi connectivity index (χ1) is 10.6. The molecule has 0 amide bonds. The Morgan fingerprint density at radius 1 is 1.17 bits per heavy atom. The van der Waals surface area contributed by atoms with Gasteiger partial charge in [0.25, 0.3) is 5.69 Å². The Morgan fingerprint density at radius 3 is 2.35 bits per heavy atom. The molecule has 0 atom stereocenters. The monoisotopic (exact) mass is 348 g/mol. The highest BCUT2D eigenvalue weighted by Crippen LogP contribution is 2.40. The van der Waals surface area contributed by atoms with Crippen LogP contribution in [0.2, 0.25) is 5.02 Å². The first-order valence-electron chi connectivity index (χ1n) is 6.15. The molecule has 0 fully saturated rings. The van der Waals surface area contributed by atoms with Crippen LogP contribution in [0.4, 0.5) is 34.6 Å². The van der Waals surface area contributed by atoms with Crippen molar-refractivity contribution < 1.29 is 22.5 Å². The van der Waals surface area contributed by atoms with E-state index in [0.29, 0.717) is 6.07 Å². The third-order valence-electron chi connectivity index (χ3n) is 3.15. The molecule has 4 nitrogen and oxygen atoms in total. The predicted molar refractivity (Wildman–Crippen MR) is 77.6 cm³/mol. The van der Waals surface area contributed by atoms with Crippen molar-refractivity contribution in [3.8, 4) is 0 Å². The summed E-state index contributed by atoms with van der Waals surface area (Å²) in [7, 11) is 1.32. The van der Waals surface area contributed by atoms with Gasteiger partial charge in [0.15, 0.2) is 0 Å². The number of nitro groups is 1.